The maximum atomic E-state index is 8.81. The molecule has 1 aliphatic heterocycles. The molecule has 0 aliphatic carbocycles. The molecule has 1 fully saturated rings. The summed E-state index contributed by atoms with van der Waals surface area (Å²) >= 11 is 0. The maximum absolute atomic E-state index is 8.81. The van der Waals surface area contributed by atoms with Crippen molar-refractivity contribution in [1.82, 2.24) is 0 Å². The van der Waals surface area contributed by atoms with Crippen molar-refractivity contribution in [2.75, 3.05) is 32.3 Å². The molecule has 96 valence electrons. The van der Waals surface area contributed by atoms with Crippen LogP contribution in [0.15, 0.2) is 24.3 Å². The number of anilines is 1. The number of nitrogens with zero attached hydrogens (tertiary/aromatic N) is 2. The second kappa shape index (κ2) is 5.85. The van der Waals surface area contributed by atoms with Crippen molar-refractivity contribution in [3.05, 3.63) is 29.8 Å². The molecule has 1 aromatic carbocycles. The van der Waals surface area contributed by atoms with E-state index in [0.717, 1.165) is 18.7 Å². The predicted octanol–water partition coefficient (Wildman–Crippen LogP) is 1.80. The van der Waals surface area contributed by atoms with Gasteiger partial charge in [-0.25, -0.2) is 0 Å². The molecule has 1 aromatic rings. The fourth-order valence-corrected chi connectivity index (χ4v) is 2.44. The van der Waals surface area contributed by atoms with E-state index in [1.165, 1.54) is 0 Å². The zero-order valence-electron chi connectivity index (χ0n) is 10.8. The van der Waals surface area contributed by atoms with Gasteiger partial charge in [0, 0.05) is 26.5 Å². The van der Waals surface area contributed by atoms with Crippen LogP contribution in [0, 0.1) is 11.3 Å². The lowest BCUT2D eigenvalue weighted by atomic mass is 10.2. The minimum Gasteiger partial charge on any atom is -0.383 e. The largest absolute Gasteiger partial charge is 0.383 e. The molecule has 4 heteroatoms. The van der Waals surface area contributed by atoms with Gasteiger partial charge in [-0.15, -0.1) is 0 Å². The van der Waals surface area contributed by atoms with Crippen LogP contribution in [-0.2, 0) is 9.47 Å². The number of methoxy groups -OCH3 is 2. The van der Waals surface area contributed by atoms with E-state index in [9.17, 15) is 0 Å². The van der Waals surface area contributed by atoms with Crippen LogP contribution in [0.25, 0.3) is 0 Å². The molecule has 0 N–H and O–H groups in total. The summed E-state index contributed by atoms with van der Waals surface area (Å²) in [4.78, 5) is 2.29. The fourth-order valence-electron chi connectivity index (χ4n) is 2.44. The highest BCUT2D eigenvalue weighted by Gasteiger charge is 2.32. The summed E-state index contributed by atoms with van der Waals surface area (Å²) in [6.07, 6.45) is 1.23. The smallest absolute Gasteiger partial charge is 0.0991 e. The molecule has 2 atom stereocenters. The van der Waals surface area contributed by atoms with Crippen molar-refractivity contribution in [3.63, 3.8) is 0 Å². The summed E-state index contributed by atoms with van der Waals surface area (Å²) in [5, 5.41) is 8.81. The van der Waals surface area contributed by atoms with E-state index in [0.29, 0.717) is 18.2 Å². The monoisotopic (exact) mass is 246 g/mol. The Morgan fingerprint density at radius 2 is 2.06 bits per heavy atom. The third-order valence-electron chi connectivity index (χ3n) is 3.40. The van der Waals surface area contributed by atoms with Crippen molar-refractivity contribution in [1.29, 1.82) is 5.26 Å². The number of nitriles is 1. The summed E-state index contributed by atoms with van der Waals surface area (Å²) in [5.74, 6) is 0. The normalized spacial score (nSPS) is 23.1. The average molecular weight is 246 g/mol. The molecule has 0 aromatic heterocycles. The van der Waals surface area contributed by atoms with Crippen LogP contribution >= 0.6 is 0 Å². The van der Waals surface area contributed by atoms with Gasteiger partial charge in [-0.3, -0.25) is 0 Å². The molecular formula is C14H18N2O2. The molecule has 0 amide bonds. The van der Waals surface area contributed by atoms with Crippen LogP contribution in [0.5, 0.6) is 0 Å². The first-order valence-corrected chi connectivity index (χ1v) is 6.07. The Morgan fingerprint density at radius 1 is 1.33 bits per heavy atom. The molecule has 1 heterocycles. The third-order valence-corrected chi connectivity index (χ3v) is 3.40. The maximum Gasteiger partial charge on any atom is 0.0991 e. The van der Waals surface area contributed by atoms with Gasteiger partial charge in [0.1, 0.15) is 0 Å². The standard InChI is InChI=1S/C14H18N2O2/c1-17-10-13-7-14(18-2)9-16(13)12-5-3-11(8-15)4-6-12/h3-6,13-14H,7,9-10H2,1-2H3/t13-,14-/m0/s1. The van der Waals surface area contributed by atoms with Crippen LogP contribution in [0.1, 0.15) is 12.0 Å². The van der Waals surface area contributed by atoms with Gasteiger partial charge in [-0.1, -0.05) is 0 Å². The number of ether oxygens (including phenoxy) is 2. The highest BCUT2D eigenvalue weighted by molar-refractivity contribution is 5.51. The van der Waals surface area contributed by atoms with Crippen molar-refractivity contribution >= 4 is 5.69 Å². The van der Waals surface area contributed by atoms with E-state index < -0.39 is 0 Å². The van der Waals surface area contributed by atoms with Gasteiger partial charge < -0.3 is 14.4 Å². The Morgan fingerprint density at radius 3 is 2.61 bits per heavy atom. The van der Waals surface area contributed by atoms with Crippen molar-refractivity contribution in [3.8, 4) is 6.07 Å². The second-order valence-corrected chi connectivity index (χ2v) is 4.51. The summed E-state index contributed by atoms with van der Waals surface area (Å²) in [6.45, 7) is 1.57. The van der Waals surface area contributed by atoms with E-state index in [2.05, 4.69) is 11.0 Å². The van der Waals surface area contributed by atoms with E-state index in [1.807, 2.05) is 24.3 Å². The Bertz CT molecular complexity index is 424. The van der Waals surface area contributed by atoms with E-state index in [1.54, 1.807) is 14.2 Å². The Kier molecular flexibility index (Phi) is 4.19. The molecule has 1 saturated heterocycles. The molecule has 0 radical (unpaired) electrons. The second-order valence-electron chi connectivity index (χ2n) is 4.51. The minimum absolute atomic E-state index is 0.251. The van der Waals surface area contributed by atoms with Gasteiger partial charge in [0.2, 0.25) is 0 Å². The lowest BCUT2D eigenvalue weighted by Crippen LogP contribution is -2.33. The van der Waals surface area contributed by atoms with Gasteiger partial charge in [0.25, 0.3) is 0 Å². The zero-order chi connectivity index (χ0) is 13.0. The molecule has 0 saturated carbocycles. The summed E-state index contributed by atoms with van der Waals surface area (Å²) in [6, 6.07) is 10.1. The van der Waals surface area contributed by atoms with Crippen LogP contribution in [0.3, 0.4) is 0 Å². The van der Waals surface area contributed by atoms with Crippen LogP contribution in [0.4, 0.5) is 5.69 Å². The highest BCUT2D eigenvalue weighted by atomic mass is 16.5. The first-order valence-electron chi connectivity index (χ1n) is 6.07. The van der Waals surface area contributed by atoms with Gasteiger partial charge >= 0.3 is 0 Å². The summed E-state index contributed by atoms with van der Waals surface area (Å²) < 4.78 is 10.7. The quantitative estimate of drug-likeness (QED) is 0.812. The molecule has 2 rings (SSSR count). The minimum atomic E-state index is 0.251. The predicted molar refractivity (Wildman–Crippen MR) is 69.6 cm³/mol. The zero-order valence-corrected chi connectivity index (χ0v) is 10.8. The van der Waals surface area contributed by atoms with Gasteiger partial charge in [-0.05, 0) is 30.7 Å². The number of hydrogen-bond donors (Lipinski definition) is 0. The molecule has 18 heavy (non-hydrogen) atoms. The van der Waals surface area contributed by atoms with Crippen molar-refractivity contribution in [2.24, 2.45) is 0 Å². The van der Waals surface area contributed by atoms with Crippen LogP contribution < -0.4 is 4.90 Å². The Hall–Kier alpha value is -1.57. The third kappa shape index (κ3) is 2.63. The SMILES string of the molecule is COC[C@@H]1C[C@H](OC)CN1c1ccc(C#N)cc1. The molecule has 0 bridgehead atoms. The van der Waals surface area contributed by atoms with E-state index >= 15 is 0 Å². The van der Waals surface area contributed by atoms with E-state index in [-0.39, 0.29) is 6.10 Å². The van der Waals surface area contributed by atoms with E-state index in [4.69, 9.17) is 14.7 Å². The summed E-state index contributed by atoms with van der Waals surface area (Å²) in [7, 11) is 3.47. The fraction of sp³-hybridized carbons (Fsp3) is 0.500. The molecule has 0 unspecified atom stereocenters. The van der Waals surface area contributed by atoms with Crippen molar-refractivity contribution in [2.45, 2.75) is 18.6 Å². The topological polar surface area (TPSA) is 45.5 Å². The lowest BCUT2D eigenvalue weighted by molar-refractivity contribution is 0.111. The van der Waals surface area contributed by atoms with Gasteiger partial charge in [0.05, 0.1) is 30.4 Å². The molecular weight excluding hydrogens is 228 g/mol. The Balaban J connectivity index is 2.16. The summed E-state index contributed by atoms with van der Waals surface area (Å²) in [5.41, 5.74) is 1.81. The number of hydrogen-bond acceptors (Lipinski definition) is 4. The number of benzene rings is 1. The Labute approximate surface area is 108 Å². The van der Waals surface area contributed by atoms with Crippen LogP contribution in [-0.4, -0.2) is 39.5 Å². The number of rotatable bonds is 4. The van der Waals surface area contributed by atoms with Gasteiger partial charge in [-0.2, -0.15) is 5.26 Å². The first kappa shape index (κ1) is 12.9. The highest BCUT2D eigenvalue weighted by Crippen LogP contribution is 2.27. The molecule has 1 aliphatic rings. The van der Waals surface area contributed by atoms with Crippen molar-refractivity contribution < 1.29 is 9.47 Å². The van der Waals surface area contributed by atoms with Gasteiger partial charge in [0.15, 0.2) is 0 Å². The lowest BCUT2D eigenvalue weighted by Gasteiger charge is -2.25. The average Bonchev–Trinajstić information content (AvgIpc) is 2.82. The van der Waals surface area contributed by atoms with Crippen LogP contribution in [0.2, 0.25) is 0 Å². The molecule has 0 spiro atoms. The molecule has 4 nitrogen and oxygen atoms in total. The first-order chi connectivity index (χ1) is 8.78.